The van der Waals surface area contributed by atoms with Crippen molar-refractivity contribution >= 4 is 5.91 Å². The molecule has 0 saturated carbocycles. The summed E-state index contributed by atoms with van der Waals surface area (Å²) in [6.07, 6.45) is -1.26. The molecule has 2 N–H and O–H groups in total. The third kappa shape index (κ3) is 3.63. The second-order valence-electron chi connectivity index (χ2n) is 6.18. The molecule has 1 aliphatic rings. The molecule has 134 valence electrons. The number of carbonyl (C=O) groups is 1. The normalized spacial score (nSPS) is 20.6. The number of ether oxygens (including phenoxy) is 1. The van der Waals surface area contributed by atoms with Crippen LogP contribution in [0.2, 0.25) is 0 Å². The number of aromatic nitrogens is 2. The molecule has 2 heterocycles. The second-order valence-corrected chi connectivity index (χ2v) is 6.18. The number of amides is 1. The molecule has 2 aromatic rings. The van der Waals surface area contributed by atoms with Crippen LogP contribution in [0, 0.1) is 25.5 Å². The van der Waals surface area contributed by atoms with Crippen LogP contribution >= 0.6 is 0 Å². The number of hydrogen-bond acceptors (Lipinski definition) is 4. The van der Waals surface area contributed by atoms with Gasteiger partial charge in [-0.15, -0.1) is 0 Å². The maximum Gasteiger partial charge on any atom is 0.257 e. The fourth-order valence-corrected chi connectivity index (χ4v) is 3.03. The van der Waals surface area contributed by atoms with Gasteiger partial charge in [0.1, 0.15) is 29.6 Å². The summed E-state index contributed by atoms with van der Waals surface area (Å²) < 4.78 is 32.0. The Hall–Kier alpha value is -2.48. The zero-order valence-corrected chi connectivity index (χ0v) is 13.9. The number of benzene rings is 1. The van der Waals surface area contributed by atoms with Gasteiger partial charge in [0.25, 0.3) is 5.91 Å². The van der Waals surface area contributed by atoms with E-state index in [2.05, 4.69) is 10.2 Å². The zero-order chi connectivity index (χ0) is 18.1. The molecule has 0 unspecified atom stereocenters. The minimum Gasteiger partial charge on any atom is -0.487 e. The van der Waals surface area contributed by atoms with E-state index in [9.17, 15) is 18.7 Å². The number of nitrogens with one attached hydrogen (secondary N) is 1. The molecule has 8 heteroatoms. The van der Waals surface area contributed by atoms with Gasteiger partial charge in [0.2, 0.25) is 0 Å². The first-order valence-electron chi connectivity index (χ1n) is 7.97. The van der Waals surface area contributed by atoms with Crippen molar-refractivity contribution in [3.8, 4) is 5.75 Å². The van der Waals surface area contributed by atoms with Gasteiger partial charge < -0.3 is 14.7 Å². The standard InChI is InChI=1S/C17H19F2N3O3/c1-9-16(10(2)21-20-9)17(24)22-4-3-15(14(23)8-22)25-13-6-11(18)5-12(19)7-13/h5-7,14-15,23H,3-4,8H2,1-2H3,(H,20,21)/t14-,15-/m1/s1. The van der Waals surface area contributed by atoms with Crippen LogP contribution in [0.1, 0.15) is 28.2 Å². The highest BCUT2D eigenvalue weighted by atomic mass is 19.1. The van der Waals surface area contributed by atoms with Crippen molar-refractivity contribution in [2.75, 3.05) is 13.1 Å². The van der Waals surface area contributed by atoms with Gasteiger partial charge in [0.15, 0.2) is 0 Å². The van der Waals surface area contributed by atoms with Crippen LogP contribution in [-0.2, 0) is 0 Å². The molecule has 0 radical (unpaired) electrons. The number of halogens is 2. The fourth-order valence-electron chi connectivity index (χ4n) is 3.03. The number of nitrogens with zero attached hydrogens (tertiary/aromatic N) is 2. The Morgan fingerprint density at radius 3 is 2.56 bits per heavy atom. The summed E-state index contributed by atoms with van der Waals surface area (Å²) in [4.78, 5) is 14.1. The van der Waals surface area contributed by atoms with Crippen LogP contribution in [0.4, 0.5) is 8.78 Å². The predicted molar refractivity (Wildman–Crippen MR) is 85.4 cm³/mol. The van der Waals surface area contributed by atoms with Crippen molar-refractivity contribution in [2.45, 2.75) is 32.5 Å². The second kappa shape index (κ2) is 6.79. The first kappa shape index (κ1) is 17.3. The summed E-state index contributed by atoms with van der Waals surface area (Å²) in [5.74, 6) is -1.69. The highest BCUT2D eigenvalue weighted by Crippen LogP contribution is 2.23. The van der Waals surface area contributed by atoms with E-state index in [1.165, 1.54) is 4.90 Å². The van der Waals surface area contributed by atoms with Gasteiger partial charge in [-0.3, -0.25) is 9.89 Å². The molecule has 2 atom stereocenters. The van der Waals surface area contributed by atoms with E-state index in [-0.39, 0.29) is 18.2 Å². The van der Waals surface area contributed by atoms with E-state index in [0.717, 1.165) is 18.2 Å². The van der Waals surface area contributed by atoms with Gasteiger partial charge in [-0.25, -0.2) is 8.78 Å². The van der Waals surface area contributed by atoms with Crippen molar-refractivity contribution in [3.63, 3.8) is 0 Å². The summed E-state index contributed by atoms with van der Waals surface area (Å²) in [5, 5.41) is 17.1. The first-order valence-corrected chi connectivity index (χ1v) is 7.97. The van der Waals surface area contributed by atoms with Crippen molar-refractivity contribution in [3.05, 3.63) is 46.8 Å². The molecule has 1 amide bonds. The van der Waals surface area contributed by atoms with Crippen LogP contribution in [0.3, 0.4) is 0 Å². The van der Waals surface area contributed by atoms with Gasteiger partial charge in [-0.05, 0) is 13.8 Å². The van der Waals surface area contributed by atoms with Crippen LogP contribution in [0.15, 0.2) is 18.2 Å². The molecule has 0 bridgehead atoms. The molecular weight excluding hydrogens is 332 g/mol. The third-order valence-electron chi connectivity index (χ3n) is 4.27. The highest BCUT2D eigenvalue weighted by molar-refractivity contribution is 5.96. The van der Waals surface area contributed by atoms with E-state index < -0.39 is 23.8 Å². The average Bonchev–Trinajstić information content (AvgIpc) is 2.86. The highest BCUT2D eigenvalue weighted by Gasteiger charge is 2.33. The maximum atomic E-state index is 13.2. The van der Waals surface area contributed by atoms with Crippen molar-refractivity contribution < 1.29 is 23.4 Å². The average molecular weight is 351 g/mol. The largest absolute Gasteiger partial charge is 0.487 e. The molecule has 25 heavy (non-hydrogen) atoms. The molecule has 0 aliphatic carbocycles. The number of β-amino-alcohol motifs (C(OH)–C–C–N with tert-alkyl or cyclic N) is 1. The molecule has 1 fully saturated rings. The van der Waals surface area contributed by atoms with Gasteiger partial charge in [0, 0.05) is 36.9 Å². The molecule has 0 spiro atoms. The van der Waals surface area contributed by atoms with Crippen molar-refractivity contribution in [1.29, 1.82) is 0 Å². The van der Waals surface area contributed by atoms with E-state index in [4.69, 9.17) is 4.74 Å². The number of piperidine rings is 1. The Bertz CT molecular complexity index is 754. The Morgan fingerprint density at radius 1 is 1.32 bits per heavy atom. The summed E-state index contributed by atoms with van der Waals surface area (Å²) in [6.45, 7) is 3.94. The number of likely N-dealkylation sites (tertiary alicyclic amines) is 1. The van der Waals surface area contributed by atoms with Crippen molar-refractivity contribution in [2.24, 2.45) is 0 Å². The predicted octanol–water partition coefficient (Wildman–Crippen LogP) is 1.96. The lowest BCUT2D eigenvalue weighted by Crippen LogP contribution is -2.51. The number of aliphatic hydroxyl groups is 1. The topological polar surface area (TPSA) is 78.5 Å². The van der Waals surface area contributed by atoms with Crippen molar-refractivity contribution in [1.82, 2.24) is 15.1 Å². The smallest absolute Gasteiger partial charge is 0.257 e. The van der Waals surface area contributed by atoms with Crippen LogP contribution < -0.4 is 4.74 Å². The lowest BCUT2D eigenvalue weighted by atomic mass is 10.0. The number of aryl methyl sites for hydroxylation is 2. The Kier molecular flexibility index (Phi) is 4.71. The van der Waals surface area contributed by atoms with Gasteiger partial charge in [-0.1, -0.05) is 0 Å². The van der Waals surface area contributed by atoms with E-state index >= 15 is 0 Å². The van der Waals surface area contributed by atoms with Crippen LogP contribution in [0.25, 0.3) is 0 Å². The number of aromatic amines is 1. The molecule has 1 aromatic carbocycles. The number of H-pyrrole nitrogens is 1. The van der Waals surface area contributed by atoms with E-state index in [1.54, 1.807) is 13.8 Å². The van der Waals surface area contributed by atoms with Gasteiger partial charge in [-0.2, -0.15) is 5.10 Å². The third-order valence-corrected chi connectivity index (χ3v) is 4.27. The van der Waals surface area contributed by atoms with Crippen LogP contribution in [-0.4, -0.2) is 51.4 Å². The minimum absolute atomic E-state index is 0.0165. The van der Waals surface area contributed by atoms with Crippen LogP contribution in [0.5, 0.6) is 5.75 Å². The zero-order valence-electron chi connectivity index (χ0n) is 13.9. The molecule has 6 nitrogen and oxygen atoms in total. The first-order chi connectivity index (χ1) is 11.8. The molecular formula is C17H19F2N3O3. The van der Waals surface area contributed by atoms with Gasteiger partial charge >= 0.3 is 0 Å². The number of rotatable bonds is 3. The van der Waals surface area contributed by atoms with E-state index in [1.807, 2.05) is 0 Å². The minimum atomic E-state index is -0.962. The SMILES string of the molecule is Cc1n[nH]c(C)c1C(=O)N1CC[C@@H](Oc2cc(F)cc(F)c2)[C@H](O)C1. The number of aliphatic hydroxyl groups excluding tert-OH is 1. The summed E-state index contributed by atoms with van der Waals surface area (Å²) >= 11 is 0. The number of hydrogen-bond donors (Lipinski definition) is 2. The summed E-state index contributed by atoms with van der Waals surface area (Å²) in [7, 11) is 0. The van der Waals surface area contributed by atoms with E-state index in [0.29, 0.717) is 29.9 Å². The molecule has 1 aromatic heterocycles. The lowest BCUT2D eigenvalue weighted by Gasteiger charge is -2.36. The quantitative estimate of drug-likeness (QED) is 0.886. The maximum absolute atomic E-state index is 13.2. The Morgan fingerprint density at radius 2 is 2.00 bits per heavy atom. The van der Waals surface area contributed by atoms with Gasteiger partial charge in [0.05, 0.1) is 17.8 Å². The fraction of sp³-hybridized carbons (Fsp3) is 0.412. The molecule has 1 saturated heterocycles. The Balaban J connectivity index is 1.67. The Labute approximate surface area is 143 Å². The summed E-state index contributed by atoms with van der Waals surface area (Å²) in [5.41, 5.74) is 1.77. The monoisotopic (exact) mass is 351 g/mol. The molecule has 3 rings (SSSR count). The molecule has 1 aliphatic heterocycles. The number of carbonyl (C=O) groups excluding carboxylic acids is 1. The lowest BCUT2D eigenvalue weighted by molar-refractivity contribution is -0.0201. The summed E-state index contributed by atoms with van der Waals surface area (Å²) in [6, 6.07) is 2.87.